The van der Waals surface area contributed by atoms with E-state index in [2.05, 4.69) is 23.5 Å². The first-order valence-electron chi connectivity index (χ1n) is 8.48. The van der Waals surface area contributed by atoms with Gasteiger partial charge in [-0.15, -0.1) is 0 Å². The summed E-state index contributed by atoms with van der Waals surface area (Å²) >= 11 is 0. The first-order valence-corrected chi connectivity index (χ1v) is 8.48. The van der Waals surface area contributed by atoms with Crippen molar-refractivity contribution in [1.29, 1.82) is 0 Å². The molecular formula is C21H21NO2. The first-order chi connectivity index (χ1) is 11.8. The Balaban J connectivity index is 1.75. The molecule has 3 atom stereocenters. The third-order valence-electron chi connectivity index (χ3n) is 5.17. The number of carbonyl (C=O) groups is 1. The zero-order valence-corrected chi connectivity index (χ0v) is 13.7. The maximum Gasteiger partial charge on any atom is 0.185 e. The molecule has 1 N–H and O–H groups in total. The van der Waals surface area contributed by atoms with Crippen molar-refractivity contribution in [1.82, 2.24) is 0 Å². The number of ether oxygens (including phenoxy) is 1. The standard InChI is InChI=1S/C21H21NO2/c1-24-15-11-12-19-18(13-15)16-9-5-6-10-17(16)20(22-19)21(23)14-7-3-2-4-8-14/h2-5,7-9,11-13,16-17,20,22H,6,10H2,1H3. The van der Waals surface area contributed by atoms with E-state index in [-0.39, 0.29) is 23.7 Å². The molecule has 0 bridgehead atoms. The van der Waals surface area contributed by atoms with Crippen LogP contribution in [0.2, 0.25) is 0 Å². The van der Waals surface area contributed by atoms with E-state index >= 15 is 0 Å². The molecule has 24 heavy (non-hydrogen) atoms. The monoisotopic (exact) mass is 319 g/mol. The van der Waals surface area contributed by atoms with Crippen LogP contribution in [-0.4, -0.2) is 18.9 Å². The van der Waals surface area contributed by atoms with Gasteiger partial charge in [-0.25, -0.2) is 0 Å². The number of hydrogen-bond donors (Lipinski definition) is 1. The second-order valence-electron chi connectivity index (χ2n) is 6.50. The van der Waals surface area contributed by atoms with Gasteiger partial charge >= 0.3 is 0 Å². The van der Waals surface area contributed by atoms with Gasteiger partial charge in [0.2, 0.25) is 0 Å². The maximum absolute atomic E-state index is 13.1. The first kappa shape index (κ1) is 15.0. The highest BCUT2D eigenvalue weighted by atomic mass is 16.5. The molecule has 2 aromatic rings. The Kier molecular flexibility index (Phi) is 3.85. The highest BCUT2D eigenvalue weighted by molar-refractivity contribution is 6.02. The van der Waals surface area contributed by atoms with Crippen LogP contribution in [-0.2, 0) is 0 Å². The van der Waals surface area contributed by atoms with Gasteiger partial charge in [0.25, 0.3) is 0 Å². The quantitative estimate of drug-likeness (QED) is 0.672. The largest absolute Gasteiger partial charge is 0.497 e. The number of nitrogens with one attached hydrogen (secondary N) is 1. The van der Waals surface area contributed by atoms with E-state index in [0.29, 0.717) is 0 Å². The summed E-state index contributed by atoms with van der Waals surface area (Å²) in [6.07, 6.45) is 6.55. The van der Waals surface area contributed by atoms with E-state index in [1.54, 1.807) is 7.11 Å². The molecule has 1 heterocycles. The summed E-state index contributed by atoms with van der Waals surface area (Å²) in [5.41, 5.74) is 3.05. The number of fused-ring (bicyclic) bond motifs is 3. The van der Waals surface area contributed by atoms with Gasteiger partial charge in [-0.1, -0.05) is 42.5 Å². The van der Waals surface area contributed by atoms with E-state index in [4.69, 9.17) is 4.74 Å². The van der Waals surface area contributed by atoms with Crippen molar-refractivity contribution in [3.63, 3.8) is 0 Å². The van der Waals surface area contributed by atoms with Crippen molar-refractivity contribution in [3.8, 4) is 5.75 Å². The molecule has 2 aliphatic rings. The number of carbonyl (C=O) groups excluding carboxylic acids is 1. The van der Waals surface area contributed by atoms with E-state index in [1.807, 2.05) is 42.5 Å². The van der Waals surface area contributed by atoms with Crippen LogP contribution in [0.1, 0.15) is 34.7 Å². The summed E-state index contributed by atoms with van der Waals surface area (Å²) in [7, 11) is 1.69. The van der Waals surface area contributed by atoms with Crippen molar-refractivity contribution >= 4 is 11.5 Å². The molecule has 3 unspecified atom stereocenters. The fourth-order valence-electron chi connectivity index (χ4n) is 3.95. The van der Waals surface area contributed by atoms with E-state index < -0.39 is 0 Å². The van der Waals surface area contributed by atoms with Crippen molar-refractivity contribution in [2.24, 2.45) is 5.92 Å². The van der Waals surface area contributed by atoms with E-state index in [9.17, 15) is 4.79 Å². The summed E-state index contributed by atoms with van der Waals surface area (Å²) in [6, 6.07) is 15.5. The van der Waals surface area contributed by atoms with Crippen molar-refractivity contribution < 1.29 is 9.53 Å². The number of Topliss-reactive ketones (excluding diaryl/α,β-unsaturated/α-hetero) is 1. The zero-order valence-electron chi connectivity index (χ0n) is 13.7. The van der Waals surface area contributed by atoms with Gasteiger partial charge in [-0.2, -0.15) is 0 Å². The number of methoxy groups -OCH3 is 1. The molecule has 1 aliphatic heterocycles. The lowest BCUT2D eigenvalue weighted by Crippen LogP contribution is -2.44. The number of allylic oxidation sites excluding steroid dienone is 2. The van der Waals surface area contributed by atoms with E-state index in [1.165, 1.54) is 5.56 Å². The fraction of sp³-hybridized carbons (Fsp3) is 0.286. The van der Waals surface area contributed by atoms with Crippen LogP contribution in [0.25, 0.3) is 0 Å². The lowest BCUT2D eigenvalue weighted by molar-refractivity contribution is 0.0930. The summed E-state index contributed by atoms with van der Waals surface area (Å²) in [5, 5.41) is 3.51. The minimum absolute atomic E-state index is 0.178. The predicted octanol–water partition coefficient (Wildman–Crippen LogP) is 4.42. The van der Waals surface area contributed by atoms with Gasteiger partial charge in [0.05, 0.1) is 13.2 Å². The second kappa shape index (κ2) is 6.16. The van der Waals surface area contributed by atoms with Crippen LogP contribution in [0, 0.1) is 5.92 Å². The smallest absolute Gasteiger partial charge is 0.185 e. The molecule has 4 rings (SSSR count). The van der Waals surface area contributed by atoms with Gasteiger partial charge in [-0.3, -0.25) is 4.79 Å². The molecular weight excluding hydrogens is 298 g/mol. The number of benzene rings is 2. The Bertz CT molecular complexity index is 782. The van der Waals surface area contributed by atoms with Crippen molar-refractivity contribution in [2.75, 3.05) is 12.4 Å². The summed E-state index contributed by atoms with van der Waals surface area (Å²) in [4.78, 5) is 13.1. The van der Waals surface area contributed by atoms with Gasteiger partial charge in [0, 0.05) is 17.2 Å². The Morgan fingerprint density at radius 2 is 2.00 bits per heavy atom. The third kappa shape index (κ3) is 2.50. The molecule has 3 heteroatoms. The number of ketones is 1. The maximum atomic E-state index is 13.1. The molecule has 0 amide bonds. The Morgan fingerprint density at radius 1 is 1.17 bits per heavy atom. The molecule has 0 spiro atoms. The minimum Gasteiger partial charge on any atom is -0.497 e. The number of hydrogen-bond acceptors (Lipinski definition) is 3. The molecule has 0 fully saturated rings. The molecule has 122 valence electrons. The lowest BCUT2D eigenvalue weighted by Gasteiger charge is -2.40. The fourth-order valence-corrected chi connectivity index (χ4v) is 3.95. The Hall–Kier alpha value is -2.55. The highest BCUT2D eigenvalue weighted by Crippen LogP contribution is 2.45. The molecule has 1 aliphatic carbocycles. The van der Waals surface area contributed by atoms with Gasteiger partial charge < -0.3 is 10.1 Å². The van der Waals surface area contributed by atoms with Crippen molar-refractivity contribution in [3.05, 3.63) is 71.8 Å². The predicted molar refractivity (Wildman–Crippen MR) is 95.8 cm³/mol. The molecule has 0 aromatic heterocycles. The third-order valence-corrected chi connectivity index (χ3v) is 5.17. The average Bonchev–Trinajstić information content (AvgIpc) is 2.67. The molecule has 2 aromatic carbocycles. The van der Waals surface area contributed by atoms with Gasteiger partial charge in [0.1, 0.15) is 5.75 Å². The summed E-state index contributed by atoms with van der Waals surface area (Å²) < 4.78 is 5.38. The number of rotatable bonds is 3. The van der Waals surface area contributed by atoms with Crippen LogP contribution in [0.5, 0.6) is 5.75 Å². The average molecular weight is 319 g/mol. The Labute approximate surface area is 142 Å². The normalized spacial score (nSPS) is 24.5. The molecule has 0 saturated carbocycles. The van der Waals surface area contributed by atoms with Crippen molar-refractivity contribution in [2.45, 2.75) is 24.8 Å². The topological polar surface area (TPSA) is 38.3 Å². The van der Waals surface area contributed by atoms with Gasteiger partial charge in [-0.05, 0) is 42.5 Å². The van der Waals surface area contributed by atoms with Crippen LogP contribution in [0.3, 0.4) is 0 Å². The lowest BCUT2D eigenvalue weighted by atomic mass is 9.71. The molecule has 0 radical (unpaired) electrons. The summed E-state index contributed by atoms with van der Waals surface area (Å²) in [5.74, 6) is 1.59. The molecule has 0 saturated heterocycles. The number of anilines is 1. The van der Waals surface area contributed by atoms with E-state index in [0.717, 1.165) is 29.8 Å². The second-order valence-corrected chi connectivity index (χ2v) is 6.50. The van der Waals surface area contributed by atoms with Crippen LogP contribution in [0.15, 0.2) is 60.7 Å². The zero-order chi connectivity index (χ0) is 16.5. The molecule has 3 nitrogen and oxygen atoms in total. The van der Waals surface area contributed by atoms with Crippen LogP contribution >= 0.6 is 0 Å². The summed E-state index contributed by atoms with van der Waals surface area (Å²) in [6.45, 7) is 0. The van der Waals surface area contributed by atoms with Crippen LogP contribution in [0.4, 0.5) is 5.69 Å². The minimum atomic E-state index is -0.178. The highest BCUT2D eigenvalue weighted by Gasteiger charge is 2.40. The van der Waals surface area contributed by atoms with Crippen LogP contribution < -0.4 is 10.1 Å². The van der Waals surface area contributed by atoms with Gasteiger partial charge in [0.15, 0.2) is 5.78 Å². The SMILES string of the molecule is COc1ccc2c(c1)C1C=CCCC1C(C(=O)c1ccccc1)N2. The Morgan fingerprint density at radius 3 is 2.79 bits per heavy atom.